The van der Waals surface area contributed by atoms with Gasteiger partial charge in [0.25, 0.3) is 11.8 Å². The standard InChI is InChI=1S/C21H26N4O4/c1-12-9-24(11-14(12)6-7-22)10-13-2-3-15-16(8-13)21(29)25(20(15)28)17-4-5-18(26)23-19(17)27/h2-3,8,12,14,17H,4-7,9-11,22H2,1H3,(H,23,26,27)/t12-,14-,17?/m1/s1. The van der Waals surface area contributed by atoms with E-state index in [1.54, 1.807) is 12.1 Å². The van der Waals surface area contributed by atoms with E-state index in [0.717, 1.165) is 30.0 Å². The lowest BCUT2D eigenvalue weighted by molar-refractivity contribution is -0.136. The fourth-order valence-electron chi connectivity index (χ4n) is 4.74. The molecule has 154 valence electrons. The van der Waals surface area contributed by atoms with Crippen LogP contribution in [0.5, 0.6) is 0 Å². The van der Waals surface area contributed by atoms with Gasteiger partial charge in [0.15, 0.2) is 0 Å². The Kier molecular flexibility index (Phi) is 5.23. The second-order valence-corrected chi connectivity index (χ2v) is 8.34. The van der Waals surface area contributed by atoms with Crippen molar-refractivity contribution >= 4 is 23.6 Å². The van der Waals surface area contributed by atoms with E-state index in [2.05, 4.69) is 17.1 Å². The maximum absolute atomic E-state index is 12.9. The van der Waals surface area contributed by atoms with Gasteiger partial charge in [0.05, 0.1) is 11.1 Å². The van der Waals surface area contributed by atoms with E-state index >= 15 is 0 Å². The Morgan fingerprint density at radius 3 is 2.59 bits per heavy atom. The highest BCUT2D eigenvalue weighted by molar-refractivity contribution is 6.23. The normalized spacial score (nSPS) is 27.5. The summed E-state index contributed by atoms with van der Waals surface area (Å²) in [6.07, 6.45) is 1.29. The van der Waals surface area contributed by atoms with E-state index in [-0.39, 0.29) is 18.7 Å². The monoisotopic (exact) mass is 398 g/mol. The third-order valence-electron chi connectivity index (χ3n) is 6.29. The van der Waals surface area contributed by atoms with E-state index in [9.17, 15) is 19.2 Å². The number of fused-ring (bicyclic) bond motifs is 1. The van der Waals surface area contributed by atoms with Crippen molar-refractivity contribution in [2.24, 2.45) is 17.6 Å². The summed E-state index contributed by atoms with van der Waals surface area (Å²) in [5.41, 5.74) is 7.33. The van der Waals surface area contributed by atoms with E-state index in [0.29, 0.717) is 36.1 Å². The Bertz CT molecular complexity index is 883. The number of rotatable bonds is 5. The van der Waals surface area contributed by atoms with E-state index in [1.165, 1.54) is 0 Å². The summed E-state index contributed by atoms with van der Waals surface area (Å²) in [7, 11) is 0. The van der Waals surface area contributed by atoms with Gasteiger partial charge in [-0.05, 0) is 48.9 Å². The quantitative estimate of drug-likeness (QED) is 0.699. The van der Waals surface area contributed by atoms with Gasteiger partial charge in [-0.2, -0.15) is 0 Å². The van der Waals surface area contributed by atoms with E-state index in [1.807, 2.05) is 6.07 Å². The molecule has 0 radical (unpaired) electrons. The molecule has 3 N–H and O–H groups in total. The van der Waals surface area contributed by atoms with Gasteiger partial charge in [-0.3, -0.25) is 34.3 Å². The molecule has 1 aromatic rings. The highest BCUT2D eigenvalue weighted by Gasteiger charge is 2.44. The first-order chi connectivity index (χ1) is 13.9. The van der Waals surface area contributed by atoms with Crippen molar-refractivity contribution in [1.82, 2.24) is 15.1 Å². The largest absolute Gasteiger partial charge is 0.330 e. The number of carbonyl (C=O) groups is 4. The molecule has 3 aliphatic rings. The van der Waals surface area contributed by atoms with Crippen LogP contribution in [0, 0.1) is 11.8 Å². The number of hydrogen-bond donors (Lipinski definition) is 2. The van der Waals surface area contributed by atoms with E-state index < -0.39 is 23.8 Å². The fraction of sp³-hybridized carbons (Fsp3) is 0.524. The van der Waals surface area contributed by atoms with Crippen LogP contribution in [-0.4, -0.2) is 59.1 Å². The maximum Gasteiger partial charge on any atom is 0.262 e. The molecule has 8 heteroatoms. The molecule has 0 aromatic heterocycles. The minimum Gasteiger partial charge on any atom is -0.330 e. The fourth-order valence-corrected chi connectivity index (χ4v) is 4.74. The number of nitrogens with one attached hydrogen (secondary N) is 1. The van der Waals surface area contributed by atoms with Crippen LogP contribution in [0.3, 0.4) is 0 Å². The third-order valence-corrected chi connectivity index (χ3v) is 6.29. The number of nitrogens with two attached hydrogens (primary N) is 1. The molecular formula is C21H26N4O4. The van der Waals surface area contributed by atoms with Gasteiger partial charge in [-0.25, -0.2) is 0 Å². The van der Waals surface area contributed by atoms with Crippen LogP contribution >= 0.6 is 0 Å². The first-order valence-electron chi connectivity index (χ1n) is 10.2. The van der Waals surface area contributed by atoms with Gasteiger partial charge in [-0.1, -0.05) is 13.0 Å². The number of nitrogens with zero attached hydrogens (tertiary/aromatic N) is 2. The number of hydrogen-bond acceptors (Lipinski definition) is 6. The lowest BCUT2D eigenvalue weighted by atomic mass is 9.95. The molecular weight excluding hydrogens is 372 g/mol. The molecule has 0 saturated carbocycles. The number of benzene rings is 1. The molecule has 3 atom stereocenters. The van der Waals surface area contributed by atoms with Crippen molar-refractivity contribution in [3.8, 4) is 0 Å². The summed E-state index contributed by atoms with van der Waals surface area (Å²) < 4.78 is 0. The van der Waals surface area contributed by atoms with Crippen molar-refractivity contribution in [2.75, 3.05) is 19.6 Å². The molecule has 4 amide bonds. The minimum atomic E-state index is -0.931. The zero-order chi connectivity index (χ0) is 20.7. The van der Waals surface area contributed by atoms with E-state index in [4.69, 9.17) is 5.73 Å². The number of imide groups is 2. The summed E-state index contributed by atoms with van der Waals surface area (Å²) in [4.78, 5) is 52.6. The lowest BCUT2D eigenvalue weighted by Crippen LogP contribution is -2.54. The van der Waals surface area contributed by atoms with Crippen molar-refractivity contribution in [2.45, 2.75) is 38.8 Å². The zero-order valence-electron chi connectivity index (χ0n) is 16.5. The Morgan fingerprint density at radius 2 is 1.86 bits per heavy atom. The molecule has 0 spiro atoms. The predicted octanol–water partition coefficient (Wildman–Crippen LogP) is 0.505. The van der Waals surface area contributed by atoms with Crippen molar-refractivity contribution < 1.29 is 19.2 Å². The Hall–Kier alpha value is -2.58. The first-order valence-corrected chi connectivity index (χ1v) is 10.2. The summed E-state index contributed by atoms with van der Waals surface area (Å²) in [5, 5.41) is 2.21. The second-order valence-electron chi connectivity index (χ2n) is 8.34. The van der Waals surface area contributed by atoms with Crippen LogP contribution in [0.15, 0.2) is 18.2 Å². The molecule has 4 rings (SSSR count). The molecule has 1 unspecified atom stereocenters. The zero-order valence-corrected chi connectivity index (χ0v) is 16.5. The van der Waals surface area contributed by atoms with Crippen molar-refractivity contribution in [1.29, 1.82) is 0 Å². The van der Waals surface area contributed by atoms with Gasteiger partial charge < -0.3 is 5.73 Å². The number of amides is 4. The Balaban J connectivity index is 1.50. The molecule has 2 fully saturated rings. The second kappa shape index (κ2) is 7.68. The summed E-state index contributed by atoms with van der Waals surface area (Å²) in [6, 6.07) is 4.38. The smallest absolute Gasteiger partial charge is 0.262 e. The molecule has 2 saturated heterocycles. The Morgan fingerprint density at radius 1 is 1.10 bits per heavy atom. The summed E-state index contributed by atoms with van der Waals surface area (Å²) in [6.45, 7) is 5.60. The molecule has 8 nitrogen and oxygen atoms in total. The van der Waals surface area contributed by atoms with Gasteiger partial charge in [0, 0.05) is 26.1 Å². The topological polar surface area (TPSA) is 113 Å². The van der Waals surface area contributed by atoms with Gasteiger partial charge in [0.1, 0.15) is 6.04 Å². The summed E-state index contributed by atoms with van der Waals surface area (Å²) >= 11 is 0. The van der Waals surface area contributed by atoms with Crippen LogP contribution in [0.2, 0.25) is 0 Å². The molecule has 3 aliphatic heterocycles. The third kappa shape index (κ3) is 3.58. The van der Waals surface area contributed by atoms with Crippen LogP contribution in [-0.2, 0) is 16.1 Å². The highest BCUT2D eigenvalue weighted by Crippen LogP contribution is 2.30. The van der Waals surface area contributed by atoms with Gasteiger partial charge >= 0.3 is 0 Å². The number of carbonyl (C=O) groups excluding carboxylic acids is 4. The molecule has 0 bridgehead atoms. The average molecular weight is 398 g/mol. The lowest BCUT2D eigenvalue weighted by Gasteiger charge is -2.27. The van der Waals surface area contributed by atoms with Crippen LogP contribution in [0.25, 0.3) is 0 Å². The average Bonchev–Trinajstić information content (AvgIpc) is 3.13. The highest BCUT2D eigenvalue weighted by atomic mass is 16.2. The molecule has 3 heterocycles. The summed E-state index contributed by atoms with van der Waals surface area (Å²) in [5.74, 6) is -0.730. The SMILES string of the molecule is C[C@@H]1CN(Cc2ccc3c(c2)C(=O)N(C2CCC(=O)NC2=O)C3=O)C[C@H]1CCN. The maximum atomic E-state index is 12.9. The van der Waals surface area contributed by atoms with Crippen LogP contribution < -0.4 is 11.1 Å². The predicted molar refractivity (Wildman–Crippen MR) is 105 cm³/mol. The number of likely N-dealkylation sites (tertiary alicyclic amines) is 1. The van der Waals surface area contributed by atoms with Gasteiger partial charge in [-0.15, -0.1) is 0 Å². The molecule has 0 aliphatic carbocycles. The first kappa shape index (κ1) is 19.7. The van der Waals surface area contributed by atoms with Gasteiger partial charge in [0.2, 0.25) is 11.8 Å². The van der Waals surface area contributed by atoms with Crippen LogP contribution in [0.4, 0.5) is 0 Å². The number of piperidine rings is 1. The van der Waals surface area contributed by atoms with Crippen molar-refractivity contribution in [3.05, 3.63) is 34.9 Å². The minimum absolute atomic E-state index is 0.117. The Labute approximate surface area is 169 Å². The molecule has 29 heavy (non-hydrogen) atoms. The molecule has 1 aromatic carbocycles. The van der Waals surface area contributed by atoms with Crippen molar-refractivity contribution in [3.63, 3.8) is 0 Å². The van der Waals surface area contributed by atoms with Crippen LogP contribution in [0.1, 0.15) is 52.5 Å².